The average Bonchev–Trinajstić information content (AvgIpc) is 2.25. The lowest BCUT2D eigenvalue weighted by Crippen LogP contribution is -2.34. The fraction of sp³-hybridized carbons (Fsp3) is 0.333. The topological polar surface area (TPSA) is 69.4 Å². The van der Waals surface area contributed by atoms with Crippen LogP contribution in [0.5, 0.6) is 5.75 Å². The molecule has 0 radical (unpaired) electrons. The van der Waals surface area contributed by atoms with Crippen LogP contribution in [-0.2, 0) is 10.0 Å². The Balaban J connectivity index is 3.19. The molecule has 114 valence electrons. The number of alkyl halides is 4. The molecule has 11 heteroatoms. The number of primary sulfonamides is 1. The van der Waals surface area contributed by atoms with E-state index in [0.29, 0.717) is 0 Å². The molecule has 0 atom stereocenters. The molecular formula is C9H7BrClF4NO3S. The number of nitrogens with two attached hydrogens (primary N) is 1. The Morgan fingerprint density at radius 1 is 1.40 bits per heavy atom. The van der Waals surface area contributed by atoms with Gasteiger partial charge < -0.3 is 4.74 Å². The molecule has 20 heavy (non-hydrogen) atoms. The number of benzene rings is 1. The first-order valence-corrected chi connectivity index (χ1v) is 7.47. The van der Waals surface area contributed by atoms with Crippen molar-refractivity contribution in [1.82, 2.24) is 0 Å². The van der Waals surface area contributed by atoms with Crippen LogP contribution in [-0.4, -0.2) is 27.4 Å². The summed E-state index contributed by atoms with van der Waals surface area (Å²) in [7, 11) is -4.34. The molecule has 0 aliphatic heterocycles. The van der Waals surface area contributed by atoms with E-state index in [0.717, 1.165) is 12.1 Å². The maximum Gasteiger partial charge on any atom is 0.340 e. The second-order valence-corrected chi connectivity index (χ2v) is 6.46. The summed E-state index contributed by atoms with van der Waals surface area (Å²) in [6.45, 7) is -1.74. The van der Waals surface area contributed by atoms with Crippen LogP contribution < -0.4 is 9.88 Å². The molecule has 2 N–H and O–H groups in total. The molecular weight excluding hydrogens is 394 g/mol. The number of halogens is 6. The molecule has 4 nitrogen and oxygen atoms in total. The van der Waals surface area contributed by atoms with Crippen LogP contribution in [0.25, 0.3) is 0 Å². The third-order valence-electron chi connectivity index (χ3n) is 2.01. The zero-order valence-corrected chi connectivity index (χ0v) is 12.6. The van der Waals surface area contributed by atoms with Crippen LogP contribution in [0.15, 0.2) is 21.5 Å². The SMILES string of the molecule is NS(=O)(=O)c1cc(Br)cc(Cl)c1OCC(F)(F)C(F)F. The number of sulfonamides is 1. The Morgan fingerprint density at radius 2 is 1.95 bits per heavy atom. The van der Waals surface area contributed by atoms with E-state index in [2.05, 4.69) is 20.7 Å². The predicted molar refractivity (Wildman–Crippen MR) is 67.0 cm³/mol. The zero-order valence-electron chi connectivity index (χ0n) is 9.42. The first-order valence-electron chi connectivity index (χ1n) is 4.76. The van der Waals surface area contributed by atoms with Gasteiger partial charge in [-0.2, -0.15) is 8.78 Å². The Hall–Kier alpha value is -0.580. The van der Waals surface area contributed by atoms with E-state index >= 15 is 0 Å². The van der Waals surface area contributed by atoms with E-state index in [9.17, 15) is 26.0 Å². The van der Waals surface area contributed by atoms with Gasteiger partial charge in [-0.25, -0.2) is 22.3 Å². The molecule has 0 spiro atoms. The van der Waals surface area contributed by atoms with Crippen molar-refractivity contribution >= 4 is 37.6 Å². The summed E-state index contributed by atoms with van der Waals surface area (Å²) < 4.78 is 76.8. The lowest BCUT2D eigenvalue weighted by atomic mass is 10.3. The van der Waals surface area contributed by atoms with Crippen molar-refractivity contribution in [2.75, 3.05) is 6.61 Å². The highest BCUT2D eigenvalue weighted by atomic mass is 79.9. The van der Waals surface area contributed by atoms with Gasteiger partial charge >= 0.3 is 12.3 Å². The highest BCUT2D eigenvalue weighted by Gasteiger charge is 2.42. The number of hydrogen-bond donors (Lipinski definition) is 1. The van der Waals surface area contributed by atoms with Gasteiger partial charge in [0.2, 0.25) is 10.0 Å². The number of ether oxygens (including phenoxy) is 1. The van der Waals surface area contributed by atoms with Crippen LogP contribution in [0.2, 0.25) is 5.02 Å². The third-order valence-corrected chi connectivity index (χ3v) is 3.66. The molecule has 0 fully saturated rings. The van der Waals surface area contributed by atoms with E-state index in [1.165, 1.54) is 0 Å². The smallest absolute Gasteiger partial charge is 0.340 e. The zero-order chi connectivity index (χ0) is 15.7. The largest absolute Gasteiger partial charge is 0.484 e. The maximum atomic E-state index is 12.8. The van der Waals surface area contributed by atoms with E-state index in [-0.39, 0.29) is 9.50 Å². The fourth-order valence-electron chi connectivity index (χ4n) is 1.12. The third kappa shape index (κ3) is 4.21. The minimum absolute atomic E-state index is 0.194. The predicted octanol–water partition coefficient (Wildman–Crippen LogP) is 3.03. The molecule has 0 unspecified atom stereocenters. The molecule has 0 aliphatic carbocycles. The van der Waals surface area contributed by atoms with E-state index in [1.54, 1.807) is 0 Å². The molecule has 1 aromatic rings. The molecule has 0 saturated carbocycles. The van der Waals surface area contributed by atoms with Gasteiger partial charge in [0.15, 0.2) is 12.4 Å². The van der Waals surface area contributed by atoms with Crippen LogP contribution >= 0.6 is 27.5 Å². The summed E-state index contributed by atoms with van der Waals surface area (Å²) in [5, 5.41) is 4.50. The fourth-order valence-corrected chi connectivity index (χ4v) is 2.91. The summed E-state index contributed by atoms with van der Waals surface area (Å²) in [6, 6.07) is 2.10. The van der Waals surface area contributed by atoms with Gasteiger partial charge in [-0.1, -0.05) is 27.5 Å². The van der Waals surface area contributed by atoms with Gasteiger partial charge in [0, 0.05) is 4.47 Å². The summed E-state index contributed by atoms with van der Waals surface area (Å²) in [4.78, 5) is -0.693. The molecule has 0 bridgehead atoms. The molecule has 0 heterocycles. The van der Waals surface area contributed by atoms with E-state index in [1.807, 2.05) is 0 Å². The van der Waals surface area contributed by atoms with Crippen molar-refractivity contribution in [3.8, 4) is 5.75 Å². The monoisotopic (exact) mass is 399 g/mol. The van der Waals surface area contributed by atoms with Gasteiger partial charge in [0.1, 0.15) is 4.90 Å². The van der Waals surface area contributed by atoms with Crippen LogP contribution in [0.1, 0.15) is 0 Å². The van der Waals surface area contributed by atoms with Gasteiger partial charge in [-0.15, -0.1) is 0 Å². The van der Waals surface area contributed by atoms with Crippen molar-refractivity contribution in [2.24, 2.45) is 5.14 Å². The standard InChI is InChI=1S/C9H7BrClF4NO3S/c10-4-1-5(11)7(6(2-4)20(16,17)18)19-3-9(14,15)8(12)13/h1-2,8H,3H2,(H2,16,17,18). The van der Waals surface area contributed by atoms with E-state index < -0.39 is 39.6 Å². The van der Waals surface area contributed by atoms with Crippen LogP contribution in [0.4, 0.5) is 17.6 Å². The van der Waals surface area contributed by atoms with Crippen molar-refractivity contribution in [3.63, 3.8) is 0 Å². The Bertz CT molecular complexity index is 611. The van der Waals surface area contributed by atoms with Gasteiger partial charge in [-0.3, -0.25) is 0 Å². The molecule has 0 aliphatic rings. The lowest BCUT2D eigenvalue weighted by Gasteiger charge is -2.18. The first kappa shape index (κ1) is 17.5. The molecule has 0 aromatic heterocycles. The minimum Gasteiger partial charge on any atom is -0.484 e. The van der Waals surface area contributed by atoms with Crippen molar-refractivity contribution in [3.05, 3.63) is 21.6 Å². The van der Waals surface area contributed by atoms with Crippen molar-refractivity contribution in [2.45, 2.75) is 17.2 Å². The van der Waals surface area contributed by atoms with Crippen molar-refractivity contribution in [1.29, 1.82) is 0 Å². The molecule has 0 saturated heterocycles. The lowest BCUT2D eigenvalue weighted by molar-refractivity contribution is -0.148. The second kappa shape index (κ2) is 6.04. The van der Waals surface area contributed by atoms with Crippen LogP contribution in [0, 0.1) is 0 Å². The van der Waals surface area contributed by atoms with Crippen molar-refractivity contribution < 1.29 is 30.7 Å². The quantitative estimate of drug-likeness (QED) is 0.773. The normalized spacial score (nSPS) is 12.8. The molecule has 0 amide bonds. The summed E-state index contributed by atoms with van der Waals surface area (Å²) in [5.74, 6) is -5.16. The molecule has 1 aromatic carbocycles. The maximum absolute atomic E-state index is 12.8. The highest BCUT2D eigenvalue weighted by molar-refractivity contribution is 9.10. The number of rotatable bonds is 5. The van der Waals surface area contributed by atoms with Gasteiger partial charge in [0.05, 0.1) is 5.02 Å². The van der Waals surface area contributed by atoms with E-state index in [4.69, 9.17) is 16.7 Å². The second-order valence-electron chi connectivity index (χ2n) is 3.61. The Labute approximate surface area is 125 Å². The summed E-state index contributed by atoms with van der Waals surface area (Å²) >= 11 is 8.57. The first-order chi connectivity index (χ1) is 8.95. The number of hydrogen-bond acceptors (Lipinski definition) is 3. The Kier molecular flexibility index (Phi) is 5.28. The minimum atomic E-state index is -4.45. The molecule has 1 rings (SSSR count). The van der Waals surface area contributed by atoms with Gasteiger partial charge in [0.25, 0.3) is 0 Å². The Morgan fingerprint density at radius 3 is 2.40 bits per heavy atom. The van der Waals surface area contributed by atoms with Crippen LogP contribution in [0.3, 0.4) is 0 Å². The summed E-state index contributed by atoms with van der Waals surface area (Å²) in [6.07, 6.45) is -3.96. The van der Waals surface area contributed by atoms with Gasteiger partial charge in [-0.05, 0) is 12.1 Å². The summed E-state index contributed by atoms with van der Waals surface area (Å²) in [5.41, 5.74) is 0. The highest BCUT2D eigenvalue weighted by Crippen LogP contribution is 2.36. The average molecular weight is 401 g/mol.